The maximum Gasteiger partial charge on any atom is 0.500 e. The first-order valence-corrected chi connectivity index (χ1v) is 11.5. The molecule has 0 saturated carbocycles. The molecule has 0 aromatic heterocycles. The smallest absolute Gasteiger partial charge is 0.493 e. The van der Waals surface area contributed by atoms with E-state index in [-0.39, 0.29) is 23.4 Å². The fourth-order valence-electron chi connectivity index (χ4n) is 3.05. The van der Waals surface area contributed by atoms with Crippen LogP contribution in [-0.2, 0) is 22.8 Å². The average Bonchev–Trinajstić information content (AvgIpc) is 2.77. The zero-order valence-electron chi connectivity index (χ0n) is 18.4. The third-order valence-corrected chi connectivity index (χ3v) is 7.60. The number of methoxy groups -OCH3 is 2. The number of rotatable bonds is 14. The van der Waals surface area contributed by atoms with Crippen molar-refractivity contribution in [2.45, 2.75) is 44.8 Å². The van der Waals surface area contributed by atoms with Crippen LogP contribution in [0.5, 0.6) is 11.5 Å². The zero-order chi connectivity index (χ0) is 22.7. The fraction of sp³-hybridized carbons (Fsp3) is 0.632. The summed E-state index contributed by atoms with van der Waals surface area (Å²) >= 11 is 0. The Morgan fingerprint density at radius 1 is 1.03 bits per heavy atom. The number of nitrogens with zero attached hydrogens (tertiary/aromatic N) is 1. The Bertz CT molecular complexity index is 701. The van der Waals surface area contributed by atoms with E-state index in [1.54, 1.807) is 6.92 Å². The lowest BCUT2D eigenvalue weighted by molar-refractivity contribution is -0.386. The molecule has 0 N–H and O–H groups in total. The first kappa shape index (κ1) is 25.8. The molecule has 1 rings (SSSR count). The van der Waals surface area contributed by atoms with Gasteiger partial charge in [-0.2, -0.15) is 0 Å². The number of nitro benzene ring substituents is 1. The molecule has 0 aliphatic heterocycles. The van der Waals surface area contributed by atoms with Crippen molar-refractivity contribution in [1.29, 1.82) is 0 Å². The average molecular weight is 446 g/mol. The Morgan fingerprint density at radius 3 is 2.07 bits per heavy atom. The number of nitro groups is 1. The van der Waals surface area contributed by atoms with E-state index in [4.69, 9.17) is 27.5 Å². The van der Waals surface area contributed by atoms with Gasteiger partial charge in [0, 0.05) is 33.8 Å². The SMILES string of the molecule is CCC(OC(=O)CCCC[Si](OC)(OC)OC)c1cc(OC)c(OC)cc1[N+](=O)[O-]. The van der Waals surface area contributed by atoms with Gasteiger partial charge in [-0.1, -0.05) is 6.92 Å². The normalized spacial score (nSPS) is 12.3. The third-order valence-electron chi connectivity index (χ3n) is 4.77. The number of hydrogen-bond donors (Lipinski definition) is 0. The molecule has 170 valence electrons. The molecule has 0 amide bonds. The zero-order valence-corrected chi connectivity index (χ0v) is 19.4. The van der Waals surface area contributed by atoms with Gasteiger partial charge in [0.1, 0.15) is 6.10 Å². The van der Waals surface area contributed by atoms with Crippen molar-refractivity contribution < 1.29 is 37.2 Å². The van der Waals surface area contributed by atoms with Crippen LogP contribution >= 0.6 is 0 Å². The summed E-state index contributed by atoms with van der Waals surface area (Å²) in [5.41, 5.74) is 0.0708. The van der Waals surface area contributed by atoms with E-state index in [1.165, 1.54) is 47.7 Å². The second kappa shape index (κ2) is 12.5. The largest absolute Gasteiger partial charge is 0.500 e. The van der Waals surface area contributed by atoms with Gasteiger partial charge in [0.05, 0.1) is 30.8 Å². The topological polar surface area (TPSA) is 116 Å². The first-order chi connectivity index (χ1) is 14.3. The summed E-state index contributed by atoms with van der Waals surface area (Å²) in [6.45, 7) is 1.79. The molecular formula is C19H31NO9Si. The van der Waals surface area contributed by atoms with E-state index < -0.39 is 25.8 Å². The number of carbonyl (C=O) groups is 1. The highest BCUT2D eigenvalue weighted by molar-refractivity contribution is 6.60. The van der Waals surface area contributed by atoms with Crippen molar-refractivity contribution in [3.8, 4) is 11.5 Å². The highest BCUT2D eigenvalue weighted by atomic mass is 28.4. The van der Waals surface area contributed by atoms with Crippen LogP contribution in [0.2, 0.25) is 6.04 Å². The van der Waals surface area contributed by atoms with Crippen LogP contribution in [-0.4, -0.2) is 55.2 Å². The predicted octanol–water partition coefficient (Wildman–Crippen LogP) is 3.65. The molecule has 0 aliphatic rings. The molecule has 1 atom stereocenters. The van der Waals surface area contributed by atoms with Crippen LogP contribution in [0, 0.1) is 10.1 Å². The van der Waals surface area contributed by atoms with Gasteiger partial charge < -0.3 is 27.5 Å². The van der Waals surface area contributed by atoms with Crippen molar-refractivity contribution in [2.24, 2.45) is 0 Å². The molecule has 0 spiro atoms. The second-order valence-corrected chi connectivity index (χ2v) is 9.50. The van der Waals surface area contributed by atoms with E-state index in [9.17, 15) is 14.9 Å². The van der Waals surface area contributed by atoms with Crippen LogP contribution in [0.15, 0.2) is 12.1 Å². The van der Waals surface area contributed by atoms with E-state index >= 15 is 0 Å². The standard InChI is InChI=1S/C19H31NO9Si/c1-7-16(14-12-17(24-2)18(25-3)13-15(14)20(22)23)29-19(21)10-8-9-11-30(26-4,27-5)28-6/h12-13,16H,7-11H2,1-6H3. The number of unbranched alkanes of at least 4 members (excludes halogenated alkanes) is 1. The van der Waals surface area contributed by atoms with E-state index in [1.807, 2.05) is 0 Å². The van der Waals surface area contributed by atoms with Crippen molar-refractivity contribution in [3.05, 3.63) is 27.8 Å². The van der Waals surface area contributed by atoms with Gasteiger partial charge in [-0.25, -0.2) is 0 Å². The molecule has 30 heavy (non-hydrogen) atoms. The number of ether oxygens (including phenoxy) is 3. The molecule has 0 aliphatic carbocycles. The Kier molecular flexibility index (Phi) is 10.7. The van der Waals surface area contributed by atoms with Gasteiger partial charge in [-0.05, 0) is 25.3 Å². The quantitative estimate of drug-likeness (QED) is 0.139. The van der Waals surface area contributed by atoms with E-state index in [2.05, 4.69) is 0 Å². The number of carbonyl (C=O) groups excluding carboxylic acids is 1. The minimum atomic E-state index is -2.67. The minimum Gasteiger partial charge on any atom is -0.493 e. The Balaban J connectivity index is 2.84. The molecule has 0 radical (unpaired) electrons. The highest BCUT2D eigenvalue weighted by Crippen LogP contribution is 2.39. The molecule has 1 unspecified atom stereocenters. The van der Waals surface area contributed by atoms with Crippen LogP contribution in [0.4, 0.5) is 5.69 Å². The van der Waals surface area contributed by atoms with Crippen molar-refractivity contribution in [2.75, 3.05) is 35.5 Å². The van der Waals surface area contributed by atoms with Crippen LogP contribution in [0.1, 0.15) is 44.3 Å². The lowest BCUT2D eigenvalue weighted by Crippen LogP contribution is -2.42. The molecule has 0 saturated heterocycles. The Labute approximate surface area is 177 Å². The summed E-state index contributed by atoms with van der Waals surface area (Å²) in [4.78, 5) is 23.3. The van der Waals surface area contributed by atoms with Gasteiger partial charge >= 0.3 is 14.8 Å². The summed E-state index contributed by atoms with van der Waals surface area (Å²) in [5, 5.41) is 11.5. The summed E-state index contributed by atoms with van der Waals surface area (Å²) in [7, 11) is 4.77. The second-order valence-electron chi connectivity index (χ2n) is 6.41. The van der Waals surface area contributed by atoms with Crippen molar-refractivity contribution in [1.82, 2.24) is 0 Å². The number of hydrogen-bond acceptors (Lipinski definition) is 9. The van der Waals surface area contributed by atoms with E-state index in [0.717, 1.165) is 0 Å². The van der Waals surface area contributed by atoms with Crippen molar-refractivity contribution in [3.63, 3.8) is 0 Å². The molecular weight excluding hydrogens is 414 g/mol. The van der Waals surface area contributed by atoms with Crippen LogP contribution in [0.25, 0.3) is 0 Å². The van der Waals surface area contributed by atoms with Gasteiger partial charge in [-0.3, -0.25) is 14.9 Å². The third kappa shape index (κ3) is 6.66. The minimum absolute atomic E-state index is 0.166. The van der Waals surface area contributed by atoms with Gasteiger partial charge in [-0.15, -0.1) is 0 Å². The Hall–Kier alpha value is -2.21. The number of benzene rings is 1. The fourth-order valence-corrected chi connectivity index (χ4v) is 4.85. The maximum atomic E-state index is 12.3. The van der Waals surface area contributed by atoms with Gasteiger partial charge in [0.2, 0.25) is 0 Å². The van der Waals surface area contributed by atoms with Crippen molar-refractivity contribution >= 4 is 20.5 Å². The Morgan fingerprint density at radius 2 is 1.60 bits per heavy atom. The lowest BCUT2D eigenvalue weighted by atomic mass is 10.0. The molecule has 11 heteroatoms. The number of esters is 1. The first-order valence-electron chi connectivity index (χ1n) is 9.56. The molecule has 1 aromatic rings. The monoisotopic (exact) mass is 445 g/mol. The summed E-state index contributed by atoms with van der Waals surface area (Å²) < 4.78 is 32.0. The molecule has 0 fully saturated rings. The predicted molar refractivity (Wildman–Crippen MR) is 111 cm³/mol. The van der Waals surface area contributed by atoms with Crippen LogP contribution in [0.3, 0.4) is 0 Å². The lowest BCUT2D eigenvalue weighted by Gasteiger charge is -2.24. The maximum absolute atomic E-state index is 12.3. The van der Waals surface area contributed by atoms with Gasteiger partial charge in [0.25, 0.3) is 5.69 Å². The molecule has 1 aromatic carbocycles. The summed E-state index contributed by atoms with van der Waals surface area (Å²) in [6.07, 6.45) is 0.968. The van der Waals surface area contributed by atoms with Gasteiger partial charge in [0.15, 0.2) is 11.5 Å². The summed E-state index contributed by atoms with van der Waals surface area (Å²) in [5.74, 6) is 0.120. The highest BCUT2D eigenvalue weighted by Gasteiger charge is 2.37. The molecule has 0 heterocycles. The molecule has 10 nitrogen and oxygen atoms in total. The van der Waals surface area contributed by atoms with Crippen LogP contribution < -0.4 is 9.47 Å². The van der Waals surface area contributed by atoms with E-state index in [0.29, 0.717) is 31.1 Å². The summed E-state index contributed by atoms with van der Waals surface area (Å²) in [6, 6.07) is 3.32. The molecule has 0 bridgehead atoms.